The van der Waals surface area contributed by atoms with Crippen LogP contribution in [0.3, 0.4) is 0 Å². The third kappa shape index (κ3) is 2.67. The van der Waals surface area contributed by atoms with Crippen molar-refractivity contribution in [2.75, 3.05) is 5.73 Å². The van der Waals surface area contributed by atoms with E-state index in [-0.39, 0.29) is 51.1 Å². The molecule has 4 N–H and O–H groups in total. The summed E-state index contributed by atoms with van der Waals surface area (Å²) < 4.78 is 45.0. The van der Waals surface area contributed by atoms with E-state index in [1.54, 1.807) is 11.4 Å². The van der Waals surface area contributed by atoms with Crippen LogP contribution in [0.2, 0.25) is 0 Å². The Bertz CT molecular complexity index is 1070. The summed E-state index contributed by atoms with van der Waals surface area (Å²) in [5, 5.41) is 13.1. The van der Waals surface area contributed by atoms with Crippen LogP contribution in [0.25, 0.3) is 0 Å². The fraction of sp³-hybridized carbons (Fsp3) is 0.300. The van der Waals surface area contributed by atoms with Gasteiger partial charge in [0.2, 0.25) is 11.3 Å². The SMILES string of the molecule is CC(C)c1ccc2c(c1)OC1(O)c3cccc(N)c3C(=O)C21NC(=O)C(F)(F)F.[Fe]. The molecule has 1 amide bonds. The fourth-order valence-corrected chi connectivity index (χ4v) is 3.99. The number of anilines is 1. The molecule has 0 fully saturated rings. The van der Waals surface area contributed by atoms with Crippen molar-refractivity contribution in [3.05, 3.63) is 58.7 Å². The Hall–Kier alpha value is -2.55. The van der Waals surface area contributed by atoms with Gasteiger partial charge in [-0.2, -0.15) is 13.2 Å². The zero-order chi connectivity index (χ0) is 21.4. The number of hydrogen-bond acceptors (Lipinski definition) is 5. The second-order valence-electron chi connectivity index (χ2n) is 7.46. The van der Waals surface area contributed by atoms with Crippen molar-refractivity contribution < 1.29 is 49.7 Å². The number of carbonyl (C=O) groups is 2. The largest absolute Gasteiger partial charge is 0.471 e. The molecule has 6 nitrogen and oxygen atoms in total. The van der Waals surface area contributed by atoms with Crippen LogP contribution in [0.1, 0.15) is 46.8 Å². The van der Waals surface area contributed by atoms with Crippen LogP contribution in [-0.4, -0.2) is 23.0 Å². The van der Waals surface area contributed by atoms with E-state index in [2.05, 4.69) is 0 Å². The number of nitrogen functional groups attached to an aromatic ring is 1. The molecule has 10 heteroatoms. The molecule has 30 heavy (non-hydrogen) atoms. The van der Waals surface area contributed by atoms with Gasteiger partial charge in [0.05, 0.1) is 5.56 Å². The number of hydrogen-bond donors (Lipinski definition) is 3. The van der Waals surface area contributed by atoms with Crippen LogP contribution in [-0.2, 0) is 33.2 Å². The molecule has 0 bridgehead atoms. The number of alkyl halides is 3. The van der Waals surface area contributed by atoms with Gasteiger partial charge < -0.3 is 20.9 Å². The predicted octanol–water partition coefficient (Wildman–Crippen LogP) is 2.70. The third-order valence-corrected chi connectivity index (χ3v) is 5.43. The van der Waals surface area contributed by atoms with Crippen molar-refractivity contribution >= 4 is 17.4 Å². The van der Waals surface area contributed by atoms with Gasteiger partial charge in [-0.3, -0.25) is 9.59 Å². The van der Waals surface area contributed by atoms with Crippen LogP contribution in [0.5, 0.6) is 5.75 Å². The molecule has 4 rings (SSSR count). The van der Waals surface area contributed by atoms with Crippen LogP contribution in [0.15, 0.2) is 36.4 Å². The zero-order valence-electron chi connectivity index (χ0n) is 15.8. The van der Waals surface area contributed by atoms with E-state index in [1.165, 1.54) is 30.3 Å². The molecular formula is C20H17F3FeN2O4. The minimum Gasteiger partial charge on any atom is -0.454 e. The van der Waals surface area contributed by atoms with E-state index in [0.29, 0.717) is 0 Å². The molecule has 2 aromatic rings. The first kappa shape index (κ1) is 22.1. The Morgan fingerprint density at radius 2 is 1.87 bits per heavy atom. The number of ether oxygens (including phenoxy) is 1. The summed E-state index contributed by atoms with van der Waals surface area (Å²) in [5.41, 5.74) is 3.73. The van der Waals surface area contributed by atoms with E-state index < -0.39 is 29.2 Å². The first-order valence-corrected chi connectivity index (χ1v) is 8.82. The molecule has 0 saturated heterocycles. The smallest absolute Gasteiger partial charge is 0.454 e. The molecule has 1 aliphatic carbocycles. The minimum absolute atomic E-state index is 0. The summed E-state index contributed by atoms with van der Waals surface area (Å²) in [6.45, 7) is 3.79. The number of ketones is 1. The van der Waals surface area contributed by atoms with Crippen molar-refractivity contribution in [1.82, 2.24) is 5.32 Å². The normalized spacial score (nSPS) is 23.9. The molecular weight excluding hydrogens is 445 g/mol. The standard InChI is InChI=1S/C20H17F3N2O4.Fe/c1-9(2)10-6-7-11-14(8-10)29-19(28)12-4-3-5-13(24)15(12)16(26)18(11,19)25-17(27)20(21,22)23;/h3-9,28H,24H2,1-2H3,(H,25,27);. The van der Waals surface area contributed by atoms with Crippen LogP contribution in [0.4, 0.5) is 18.9 Å². The molecule has 2 aromatic carbocycles. The first-order chi connectivity index (χ1) is 13.4. The van der Waals surface area contributed by atoms with Crippen LogP contribution >= 0.6 is 0 Å². The topological polar surface area (TPSA) is 102 Å². The number of amides is 1. The average molecular weight is 462 g/mol. The minimum atomic E-state index is -5.28. The molecule has 2 aliphatic rings. The number of benzene rings is 2. The molecule has 1 heterocycles. The van der Waals surface area contributed by atoms with Gasteiger partial charge in [-0.05, 0) is 23.6 Å². The van der Waals surface area contributed by atoms with Gasteiger partial charge in [-0.25, -0.2) is 0 Å². The third-order valence-electron chi connectivity index (χ3n) is 5.43. The molecule has 0 radical (unpaired) electrons. The summed E-state index contributed by atoms with van der Waals surface area (Å²) in [4.78, 5) is 25.2. The number of fused-ring (bicyclic) bond motifs is 5. The summed E-state index contributed by atoms with van der Waals surface area (Å²) >= 11 is 0. The number of carbonyl (C=O) groups excluding carboxylic acids is 2. The van der Waals surface area contributed by atoms with Crippen molar-refractivity contribution in [3.8, 4) is 5.75 Å². The average Bonchev–Trinajstić information content (AvgIpc) is 2.98. The molecule has 0 aromatic heterocycles. The Morgan fingerprint density at radius 3 is 2.47 bits per heavy atom. The van der Waals surface area contributed by atoms with Crippen molar-refractivity contribution in [2.45, 2.75) is 37.3 Å². The predicted molar refractivity (Wildman–Crippen MR) is 96.1 cm³/mol. The summed E-state index contributed by atoms with van der Waals surface area (Å²) in [6.07, 6.45) is -5.28. The summed E-state index contributed by atoms with van der Waals surface area (Å²) in [5.74, 6) is -5.85. The van der Waals surface area contributed by atoms with E-state index in [1.807, 2.05) is 13.8 Å². The number of aliphatic hydroxyl groups is 1. The Balaban J connectivity index is 0.00000256. The zero-order valence-corrected chi connectivity index (χ0v) is 16.9. The van der Waals surface area contributed by atoms with Gasteiger partial charge in [-0.1, -0.05) is 38.1 Å². The maximum atomic E-state index is 13.4. The van der Waals surface area contributed by atoms with Crippen LogP contribution in [0, 0.1) is 0 Å². The van der Waals surface area contributed by atoms with Gasteiger partial charge in [0, 0.05) is 33.9 Å². The molecule has 160 valence electrons. The number of nitrogens with one attached hydrogen (secondary N) is 1. The van der Waals surface area contributed by atoms with E-state index in [9.17, 15) is 27.9 Å². The number of Topliss-reactive ketones (excluding diaryl/α,β-unsaturated/α-hetero) is 1. The van der Waals surface area contributed by atoms with Gasteiger partial charge in [0.1, 0.15) is 5.75 Å². The van der Waals surface area contributed by atoms with Crippen molar-refractivity contribution in [1.29, 1.82) is 0 Å². The van der Waals surface area contributed by atoms with Crippen LogP contribution < -0.4 is 15.8 Å². The van der Waals surface area contributed by atoms with Gasteiger partial charge in [0.25, 0.3) is 5.79 Å². The maximum Gasteiger partial charge on any atom is 0.471 e. The molecule has 2 atom stereocenters. The van der Waals surface area contributed by atoms with Gasteiger partial charge >= 0.3 is 12.1 Å². The summed E-state index contributed by atoms with van der Waals surface area (Å²) in [6, 6.07) is 8.69. The number of halogens is 3. The molecule has 2 unspecified atom stereocenters. The van der Waals surface area contributed by atoms with Crippen molar-refractivity contribution in [3.63, 3.8) is 0 Å². The van der Waals surface area contributed by atoms with Crippen molar-refractivity contribution in [2.24, 2.45) is 0 Å². The number of rotatable bonds is 2. The Morgan fingerprint density at radius 1 is 1.20 bits per heavy atom. The van der Waals surface area contributed by atoms with Gasteiger partial charge in [0.15, 0.2) is 0 Å². The fourth-order valence-electron chi connectivity index (χ4n) is 3.99. The Kier molecular flexibility index (Phi) is 4.97. The maximum absolute atomic E-state index is 13.4. The second kappa shape index (κ2) is 6.73. The summed E-state index contributed by atoms with van der Waals surface area (Å²) in [7, 11) is 0. The quantitative estimate of drug-likeness (QED) is 0.471. The van der Waals surface area contributed by atoms with E-state index >= 15 is 0 Å². The molecule has 0 saturated carbocycles. The van der Waals surface area contributed by atoms with E-state index in [4.69, 9.17) is 10.5 Å². The Labute approximate surface area is 180 Å². The monoisotopic (exact) mass is 462 g/mol. The first-order valence-electron chi connectivity index (χ1n) is 8.82. The van der Waals surface area contributed by atoms with E-state index in [0.717, 1.165) is 5.56 Å². The number of nitrogens with two attached hydrogens (primary N) is 1. The molecule has 1 aliphatic heterocycles. The second-order valence-corrected chi connectivity index (χ2v) is 7.46. The van der Waals surface area contributed by atoms with Gasteiger partial charge in [-0.15, -0.1) is 0 Å². The molecule has 0 spiro atoms.